The standard InChI is InChI=1S/C14H22N6/c15-13(16)20-14(19-12-6-2-1-3-7-12)18-10-11-5-4-8-17-9-11/h4-5,8-9,12H,1-3,6-7,10H2,(H5,15,16,18,19,20). The molecule has 1 fully saturated rings. The largest absolute Gasteiger partial charge is 0.370 e. The summed E-state index contributed by atoms with van der Waals surface area (Å²) in [7, 11) is 0. The van der Waals surface area contributed by atoms with E-state index in [1.54, 1.807) is 12.4 Å². The normalized spacial score (nSPS) is 16.7. The molecule has 1 aliphatic carbocycles. The van der Waals surface area contributed by atoms with Crippen LogP contribution in [0, 0.1) is 0 Å². The third kappa shape index (κ3) is 4.87. The van der Waals surface area contributed by atoms with Crippen molar-refractivity contribution < 1.29 is 0 Å². The Morgan fingerprint density at radius 1 is 1.30 bits per heavy atom. The van der Waals surface area contributed by atoms with Gasteiger partial charge < -0.3 is 16.8 Å². The Balaban J connectivity index is 2.00. The molecule has 0 aromatic carbocycles. The molecule has 0 aliphatic heterocycles. The van der Waals surface area contributed by atoms with Crippen molar-refractivity contribution in [3.05, 3.63) is 30.1 Å². The molecule has 0 spiro atoms. The minimum atomic E-state index is 0.0262. The molecule has 0 unspecified atom stereocenters. The molecule has 0 bridgehead atoms. The lowest BCUT2D eigenvalue weighted by molar-refractivity contribution is 0.412. The SMILES string of the molecule is NC(N)=NC(=NCc1cccnc1)NC1CCCCC1. The van der Waals surface area contributed by atoms with Crippen LogP contribution in [0.25, 0.3) is 0 Å². The van der Waals surface area contributed by atoms with Gasteiger partial charge in [-0.2, -0.15) is 4.99 Å². The van der Waals surface area contributed by atoms with Gasteiger partial charge in [0.1, 0.15) is 0 Å². The second-order valence-electron chi connectivity index (χ2n) is 5.02. The summed E-state index contributed by atoms with van der Waals surface area (Å²) in [5, 5.41) is 3.34. The maximum atomic E-state index is 5.46. The van der Waals surface area contributed by atoms with Crippen molar-refractivity contribution in [1.82, 2.24) is 10.3 Å². The molecular formula is C14H22N6. The van der Waals surface area contributed by atoms with Crippen LogP contribution in [0.15, 0.2) is 34.5 Å². The number of nitrogens with two attached hydrogens (primary N) is 2. The predicted molar refractivity (Wildman–Crippen MR) is 81.2 cm³/mol. The van der Waals surface area contributed by atoms with E-state index < -0.39 is 0 Å². The molecule has 0 amide bonds. The summed E-state index contributed by atoms with van der Waals surface area (Å²) in [4.78, 5) is 12.6. The molecule has 1 aliphatic rings. The fraction of sp³-hybridized carbons (Fsp3) is 0.500. The first-order chi connectivity index (χ1) is 9.74. The van der Waals surface area contributed by atoms with Crippen LogP contribution in [0.2, 0.25) is 0 Å². The molecule has 0 radical (unpaired) electrons. The van der Waals surface area contributed by atoms with Crippen LogP contribution in [0.3, 0.4) is 0 Å². The van der Waals surface area contributed by atoms with E-state index in [4.69, 9.17) is 11.5 Å². The first kappa shape index (κ1) is 14.3. The summed E-state index contributed by atoms with van der Waals surface area (Å²) < 4.78 is 0. The zero-order valence-corrected chi connectivity index (χ0v) is 11.6. The summed E-state index contributed by atoms with van der Waals surface area (Å²) in [6.07, 6.45) is 9.62. The lowest BCUT2D eigenvalue weighted by atomic mass is 9.96. The molecular weight excluding hydrogens is 252 g/mol. The number of aromatic nitrogens is 1. The molecule has 0 saturated heterocycles. The Morgan fingerprint density at radius 3 is 2.75 bits per heavy atom. The van der Waals surface area contributed by atoms with Crippen molar-refractivity contribution in [2.24, 2.45) is 21.5 Å². The number of rotatable bonds is 3. The highest BCUT2D eigenvalue weighted by Crippen LogP contribution is 2.17. The Kier molecular flexibility index (Phi) is 5.34. The first-order valence-electron chi connectivity index (χ1n) is 7.03. The van der Waals surface area contributed by atoms with E-state index in [2.05, 4.69) is 20.3 Å². The third-order valence-corrected chi connectivity index (χ3v) is 3.31. The topological polar surface area (TPSA) is 102 Å². The van der Waals surface area contributed by atoms with Gasteiger partial charge in [-0.3, -0.25) is 4.98 Å². The molecule has 1 saturated carbocycles. The van der Waals surface area contributed by atoms with Crippen LogP contribution >= 0.6 is 0 Å². The van der Waals surface area contributed by atoms with Crippen LogP contribution in [0.1, 0.15) is 37.7 Å². The van der Waals surface area contributed by atoms with Gasteiger partial charge in [0.2, 0.25) is 5.96 Å². The molecule has 1 aromatic rings. The third-order valence-electron chi connectivity index (χ3n) is 3.31. The van der Waals surface area contributed by atoms with E-state index in [0.717, 1.165) is 18.4 Å². The van der Waals surface area contributed by atoms with Gasteiger partial charge in [-0.15, -0.1) is 0 Å². The first-order valence-corrected chi connectivity index (χ1v) is 7.03. The number of hydrogen-bond donors (Lipinski definition) is 3. The lowest BCUT2D eigenvalue weighted by Crippen LogP contribution is -2.37. The molecule has 1 aromatic heterocycles. The van der Waals surface area contributed by atoms with Crippen LogP contribution in [-0.4, -0.2) is 22.9 Å². The highest BCUT2D eigenvalue weighted by Gasteiger charge is 2.14. The van der Waals surface area contributed by atoms with Gasteiger partial charge >= 0.3 is 0 Å². The van der Waals surface area contributed by atoms with Crippen LogP contribution in [0.5, 0.6) is 0 Å². The molecule has 108 valence electrons. The summed E-state index contributed by atoms with van der Waals surface area (Å²) in [6, 6.07) is 4.28. The van der Waals surface area contributed by atoms with Gasteiger partial charge in [0.05, 0.1) is 6.54 Å². The smallest absolute Gasteiger partial charge is 0.221 e. The molecule has 0 atom stereocenters. The Labute approximate surface area is 119 Å². The van der Waals surface area contributed by atoms with Gasteiger partial charge in [-0.1, -0.05) is 25.3 Å². The molecule has 5 N–H and O–H groups in total. The van der Waals surface area contributed by atoms with E-state index in [-0.39, 0.29) is 5.96 Å². The highest BCUT2D eigenvalue weighted by molar-refractivity contribution is 5.93. The zero-order chi connectivity index (χ0) is 14.2. The quantitative estimate of drug-likeness (QED) is 0.568. The average Bonchev–Trinajstić information content (AvgIpc) is 2.46. The van der Waals surface area contributed by atoms with Gasteiger partial charge in [0, 0.05) is 18.4 Å². The minimum Gasteiger partial charge on any atom is -0.370 e. The number of nitrogens with one attached hydrogen (secondary N) is 1. The number of nitrogens with zero attached hydrogens (tertiary/aromatic N) is 3. The van der Waals surface area contributed by atoms with E-state index in [1.165, 1.54) is 19.3 Å². The second kappa shape index (κ2) is 7.47. The van der Waals surface area contributed by atoms with E-state index in [9.17, 15) is 0 Å². The maximum Gasteiger partial charge on any atom is 0.221 e. The Hall–Kier alpha value is -2.11. The van der Waals surface area contributed by atoms with Crippen LogP contribution < -0.4 is 16.8 Å². The highest BCUT2D eigenvalue weighted by atomic mass is 15.2. The van der Waals surface area contributed by atoms with Crippen LogP contribution in [0.4, 0.5) is 0 Å². The van der Waals surface area contributed by atoms with E-state index in [1.807, 2.05) is 12.1 Å². The molecule has 20 heavy (non-hydrogen) atoms. The number of hydrogen-bond acceptors (Lipinski definition) is 2. The van der Waals surface area contributed by atoms with Gasteiger partial charge in [-0.05, 0) is 24.5 Å². The van der Waals surface area contributed by atoms with Gasteiger partial charge in [0.25, 0.3) is 0 Å². The predicted octanol–water partition coefficient (Wildman–Crippen LogP) is 1.13. The Morgan fingerprint density at radius 2 is 2.10 bits per heavy atom. The summed E-state index contributed by atoms with van der Waals surface area (Å²) in [5.41, 5.74) is 12.0. The van der Waals surface area contributed by atoms with Gasteiger partial charge in [0.15, 0.2) is 5.96 Å². The van der Waals surface area contributed by atoms with Crippen molar-refractivity contribution in [3.63, 3.8) is 0 Å². The molecule has 2 rings (SSSR count). The fourth-order valence-electron chi connectivity index (χ4n) is 2.32. The summed E-state index contributed by atoms with van der Waals surface area (Å²) in [5.74, 6) is 0.541. The molecule has 6 heteroatoms. The minimum absolute atomic E-state index is 0.0262. The van der Waals surface area contributed by atoms with E-state index >= 15 is 0 Å². The number of aliphatic imine (C=N–C) groups is 2. The van der Waals surface area contributed by atoms with Crippen LogP contribution in [-0.2, 0) is 6.54 Å². The maximum absolute atomic E-state index is 5.46. The lowest BCUT2D eigenvalue weighted by Gasteiger charge is -2.23. The van der Waals surface area contributed by atoms with Crippen molar-refractivity contribution in [2.75, 3.05) is 0 Å². The summed E-state index contributed by atoms with van der Waals surface area (Å²) >= 11 is 0. The Bertz CT molecular complexity index is 458. The number of pyridine rings is 1. The summed E-state index contributed by atoms with van der Waals surface area (Å²) in [6.45, 7) is 0.514. The van der Waals surface area contributed by atoms with Crippen molar-refractivity contribution in [3.8, 4) is 0 Å². The van der Waals surface area contributed by atoms with Crippen molar-refractivity contribution in [2.45, 2.75) is 44.7 Å². The van der Waals surface area contributed by atoms with Gasteiger partial charge in [-0.25, -0.2) is 4.99 Å². The monoisotopic (exact) mass is 274 g/mol. The fourth-order valence-corrected chi connectivity index (χ4v) is 2.32. The average molecular weight is 274 g/mol. The number of guanidine groups is 2. The zero-order valence-electron chi connectivity index (χ0n) is 11.6. The second-order valence-corrected chi connectivity index (χ2v) is 5.02. The molecule has 6 nitrogen and oxygen atoms in total. The van der Waals surface area contributed by atoms with E-state index in [0.29, 0.717) is 18.5 Å². The van der Waals surface area contributed by atoms with Crippen molar-refractivity contribution in [1.29, 1.82) is 0 Å². The molecule has 1 heterocycles. The van der Waals surface area contributed by atoms with Crippen molar-refractivity contribution >= 4 is 11.9 Å².